The van der Waals surface area contributed by atoms with E-state index in [-0.39, 0.29) is 5.91 Å². The predicted molar refractivity (Wildman–Crippen MR) is 73.9 cm³/mol. The van der Waals surface area contributed by atoms with Gasteiger partial charge < -0.3 is 10.1 Å². The van der Waals surface area contributed by atoms with E-state index in [1.807, 2.05) is 6.92 Å². The lowest BCUT2D eigenvalue weighted by Crippen LogP contribution is -2.17. The van der Waals surface area contributed by atoms with Crippen LogP contribution in [0.5, 0.6) is 5.75 Å². The second kappa shape index (κ2) is 5.75. The Morgan fingerprint density at radius 3 is 3.00 bits per heavy atom. The molecular formula is C13H14ClN3O2. The molecule has 0 spiro atoms. The van der Waals surface area contributed by atoms with Crippen molar-refractivity contribution in [1.82, 2.24) is 9.78 Å². The average Bonchev–Trinajstić information content (AvgIpc) is 2.80. The molecule has 5 nitrogen and oxygen atoms in total. The predicted octanol–water partition coefficient (Wildman–Crippen LogP) is 2.82. The molecule has 0 fully saturated rings. The molecule has 0 radical (unpaired) electrons. The summed E-state index contributed by atoms with van der Waals surface area (Å²) in [6.07, 6.45) is 1.46. The molecular weight excluding hydrogens is 266 g/mol. The lowest BCUT2D eigenvalue weighted by atomic mass is 10.3. The third-order valence-corrected chi connectivity index (χ3v) is 2.91. The van der Waals surface area contributed by atoms with E-state index >= 15 is 0 Å². The van der Waals surface area contributed by atoms with Crippen LogP contribution >= 0.6 is 11.6 Å². The number of carbonyl (C=O) groups is 1. The van der Waals surface area contributed by atoms with Gasteiger partial charge in [-0.15, -0.1) is 0 Å². The van der Waals surface area contributed by atoms with E-state index in [4.69, 9.17) is 16.3 Å². The van der Waals surface area contributed by atoms with Gasteiger partial charge in [-0.1, -0.05) is 17.7 Å². The number of methoxy groups -OCH3 is 1. The summed E-state index contributed by atoms with van der Waals surface area (Å²) in [5.41, 5.74) is 0.997. The first-order valence-corrected chi connectivity index (χ1v) is 6.20. The van der Waals surface area contributed by atoms with Gasteiger partial charge in [-0.2, -0.15) is 5.10 Å². The van der Waals surface area contributed by atoms with E-state index in [0.717, 1.165) is 0 Å². The summed E-state index contributed by atoms with van der Waals surface area (Å²) in [5, 5.41) is 7.14. The summed E-state index contributed by atoms with van der Waals surface area (Å²) in [4.78, 5) is 12.2. The molecule has 0 bridgehead atoms. The summed E-state index contributed by atoms with van der Waals surface area (Å²) >= 11 is 5.97. The van der Waals surface area contributed by atoms with Gasteiger partial charge in [0.05, 0.1) is 18.3 Å². The molecule has 1 amide bonds. The maximum Gasteiger partial charge on any atom is 0.275 e. The standard InChI is InChI=1S/C13H14ClN3O2/c1-3-17-12(11(14)8-15-17)13(18)16-9-5-4-6-10(7-9)19-2/h4-8H,3H2,1-2H3,(H,16,18). The average molecular weight is 280 g/mol. The molecule has 100 valence electrons. The van der Waals surface area contributed by atoms with E-state index in [0.29, 0.717) is 28.7 Å². The van der Waals surface area contributed by atoms with E-state index in [9.17, 15) is 4.79 Å². The van der Waals surface area contributed by atoms with Crippen molar-refractivity contribution in [3.05, 3.63) is 41.2 Å². The fourth-order valence-electron chi connectivity index (χ4n) is 1.72. The van der Waals surface area contributed by atoms with Gasteiger partial charge >= 0.3 is 0 Å². The van der Waals surface area contributed by atoms with Crippen LogP contribution in [-0.2, 0) is 6.54 Å². The highest BCUT2D eigenvalue weighted by Gasteiger charge is 2.16. The van der Waals surface area contributed by atoms with Gasteiger partial charge in [0.2, 0.25) is 0 Å². The molecule has 0 saturated heterocycles. The summed E-state index contributed by atoms with van der Waals surface area (Å²) in [6.45, 7) is 2.47. The number of benzene rings is 1. The monoisotopic (exact) mass is 279 g/mol. The summed E-state index contributed by atoms with van der Waals surface area (Å²) in [5.74, 6) is 0.380. The highest BCUT2D eigenvalue weighted by atomic mass is 35.5. The molecule has 0 saturated carbocycles. The van der Waals surface area contributed by atoms with Gasteiger partial charge in [0.1, 0.15) is 11.4 Å². The molecule has 6 heteroatoms. The Labute approximate surface area is 116 Å². The fourth-order valence-corrected chi connectivity index (χ4v) is 1.95. The fraction of sp³-hybridized carbons (Fsp3) is 0.231. The number of aryl methyl sites for hydroxylation is 1. The van der Waals surface area contributed by atoms with Gasteiger partial charge in [-0.05, 0) is 19.1 Å². The smallest absolute Gasteiger partial charge is 0.275 e. The van der Waals surface area contributed by atoms with Crippen molar-refractivity contribution in [3.63, 3.8) is 0 Å². The van der Waals surface area contributed by atoms with Crippen LogP contribution in [-0.4, -0.2) is 22.8 Å². The molecule has 0 unspecified atom stereocenters. The van der Waals surface area contributed by atoms with Gasteiger partial charge in [0.15, 0.2) is 0 Å². The van der Waals surface area contributed by atoms with Crippen molar-refractivity contribution >= 4 is 23.2 Å². The maximum absolute atomic E-state index is 12.2. The number of halogens is 1. The van der Waals surface area contributed by atoms with Crippen molar-refractivity contribution in [1.29, 1.82) is 0 Å². The zero-order chi connectivity index (χ0) is 13.8. The van der Waals surface area contributed by atoms with Crippen LogP contribution in [0.15, 0.2) is 30.5 Å². The minimum Gasteiger partial charge on any atom is -0.497 e. The number of hydrogen-bond donors (Lipinski definition) is 1. The zero-order valence-electron chi connectivity index (χ0n) is 10.7. The number of amides is 1. The van der Waals surface area contributed by atoms with Crippen molar-refractivity contribution in [2.75, 3.05) is 12.4 Å². The van der Waals surface area contributed by atoms with Crippen LogP contribution in [0.25, 0.3) is 0 Å². The van der Waals surface area contributed by atoms with Crippen LogP contribution in [0.2, 0.25) is 5.02 Å². The van der Waals surface area contributed by atoms with E-state index in [2.05, 4.69) is 10.4 Å². The Hall–Kier alpha value is -2.01. The van der Waals surface area contributed by atoms with Crippen LogP contribution in [0.1, 0.15) is 17.4 Å². The SMILES string of the molecule is CCn1ncc(Cl)c1C(=O)Nc1cccc(OC)c1. The van der Waals surface area contributed by atoms with Crippen LogP contribution in [0, 0.1) is 0 Å². The number of hydrogen-bond acceptors (Lipinski definition) is 3. The molecule has 2 rings (SSSR count). The minimum absolute atomic E-state index is 0.294. The maximum atomic E-state index is 12.2. The van der Waals surface area contributed by atoms with Gasteiger partial charge in [0, 0.05) is 18.3 Å². The number of carbonyl (C=O) groups excluding carboxylic acids is 1. The van der Waals surface area contributed by atoms with Crippen LogP contribution in [0.3, 0.4) is 0 Å². The second-order valence-electron chi connectivity index (χ2n) is 3.84. The third-order valence-electron chi connectivity index (χ3n) is 2.64. The van der Waals surface area contributed by atoms with Crippen LogP contribution in [0.4, 0.5) is 5.69 Å². The lowest BCUT2D eigenvalue weighted by molar-refractivity contribution is 0.101. The molecule has 1 aromatic carbocycles. The first kappa shape index (κ1) is 13.4. The van der Waals surface area contributed by atoms with Gasteiger partial charge in [-0.3, -0.25) is 9.48 Å². The Bertz CT molecular complexity index is 595. The molecule has 0 aliphatic carbocycles. The van der Waals surface area contributed by atoms with Crippen molar-refractivity contribution < 1.29 is 9.53 Å². The largest absolute Gasteiger partial charge is 0.497 e. The Kier molecular flexibility index (Phi) is 4.06. The van der Waals surface area contributed by atoms with E-state index < -0.39 is 0 Å². The number of nitrogens with one attached hydrogen (secondary N) is 1. The van der Waals surface area contributed by atoms with Gasteiger partial charge in [-0.25, -0.2) is 0 Å². The molecule has 0 aliphatic heterocycles. The molecule has 19 heavy (non-hydrogen) atoms. The highest BCUT2D eigenvalue weighted by Crippen LogP contribution is 2.20. The van der Waals surface area contributed by atoms with Crippen molar-refractivity contribution in [2.24, 2.45) is 0 Å². The Morgan fingerprint density at radius 2 is 2.32 bits per heavy atom. The van der Waals surface area contributed by atoms with E-state index in [1.165, 1.54) is 6.20 Å². The minimum atomic E-state index is -0.294. The topological polar surface area (TPSA) is 56.2 Å². The van der Waals surface area contributed by atoms with Gasteiger partial charge in [0.25, 0.3) is 5.91 Å². The van der Waals surface area contributed by atoms with E-state index in [1.54, 1.807) is 36.1 Å². The molecule has 1 aromatic heterocycles. The normalized spacial score (nSPS) is 10.3. The third kappa shape index (κ3) is 2.88. The van der Waals surface area contributed by atoms with Crippen LogP contribution < -0.4 is 10.1 Å². The molecule has 1 N–H and O–H groups in total. The lowest BCUT2D eigenvalue weighted by Gasteiger charge is -2.08. The molecule has 0 aliphatic rings. The molecule has 0 atom stereocenters. The Balaban J connectivity index is 2.23. The first-order chi connectivity index (χ1) is 9.15. The highest BCUT2D eigenvalue weighted by molar-refractivity contribution is 6.34. The Morgan fingerprint density at radius 1 is 1.53 bits per heavy atom. The number of rotatable bonds is 4. The second-order valence-corrected chi connectivity index (χ2v) is 4.25. The first-order valence-electron chi connectivity index (χ1n) is 5.82. The number of nitrogens with zero attached hydrogens (tertiary/aromatic N) is 2. The number of anilines is 1. The summed E-state index contributed by atoms with van der Waals surface area (Å²) in [7, 11) is 1.57. The van der Waals surface area contributed by atoms with Crippen molar-refractivity contribution in [3.8, 4) is 5.75 Å². The number of ether oxygens (including phenoxy) is 1. The van der Waals surface area contributed by atoms with Crippen molar-refractivity contribution in [2.45, 2.75) is 13.5 Å². The summed E-state index contributed by atoms with van der Waals surface area (Å²) < 4.78 is 6.65. The summed E-state index contributed by atoms with van der Waals surface area (Å²) in [6, 6.07) is 7.12. The molecule has 1 heterocycles. The number of aromatic nitrogens is 2. The molecule has 2 aromatic rings. The quantitative estimate of drug-likeness (QED) is 0.936. The zero-order valence-corrected chi connectivity index (χ0v) is 11.4.